The number of alkyl carbamates (subject to hydrolysis) is 1. The quantitative estimate of drug-likeness (QED) is 0.540. The van der Waals surface area contributed by atoms with E-state index in [1.54, 1.807) is 24.3 Å². The molecule has 2 aromatic carbocycles. The van der Waals surface area contributed by atoms with Crippen molar-refractivity contribution in [2.24, 2.45) is 0 Å². The van der Waals surface area contributed by atoms with Crippen LogP contribution in [0.1, 0.15) is 25.0 Å². The SMILES string of the molecule is C[C@H](NC(=O)[C@@H](NC(=O)OCc1ccccc1)[C@H](C)O)C(=O)OCc1ccccc1. The summed E-state index contributed by atoms with van der Waals surface area (Å²) in [5, 5.41) is 14.6. The molecule has 0 spiro atoms. The van der Waals surface area contributed by atoms with Crippen molar-refractivity contribution >= 4 is 18.0 Å². The number of hydrogen-bond acceptors (Lipinski definition) is 6. The number of rotatable bonds is 9. The van der Waals surface area contributed by atoms with E-state index in [2.05, 4.69) is 10.6 Å². The lowest BCUT2D eigenvalue weighted by molar-refractivity contribution is -0.149. The van der Waals surface area contributed by atoms with Crippen molar-refractivity contribution in [1.82, 2.24) is 10.6 Å². The molecule has 0 radical (unpaired) electrons. The molecule has 0 aliphatic heterocycles. The molecule has 3 N–H and O–H groups in total. The van der Waals surface area contributed by atoms with Crippen LogP contribution in [0.5, 0.6) is 0 Å². The van der Waals surface area contributed by atoms with Crippen LogP contribution in [0.2, 0.25) is 0 Å². The molecular formula is C22H26N2O6. The highest BCUT2D eigenvalue weighted by Gasteiger charge is 2.29. The number of ether oxygens (including phenoxy) is 2. The van der Waals surface area contributed by atoms with Gasteiger partial charge < -0.3 is 25.2 Å². The topological polar surface area (TPSA) is 114 Å². The zero-order valence-corrected chi connectivity index (χ0v) is 16.9. The molecule has 0 aromatic heterocycles. The largest absolute Gasteiger partial charge is 0.459 e. The fourth-order valence-electron chi connectivity index (χ4n) is 2.51. The zero-order valence-electron chi connectivity index (χ0n) is 16.9. The maximum absolute atomic E-state index is 12.4. The molecule has 2 rings (SSSR count). The van der Waals surface area contributed by atoms with Gasteiger partial charge in [-0.1, -0.05) is 60.7 Å². The third-order valence-electron chi connectivity index (χ3n) is 4.19. The van der Waals surface area contributed by atoms with E-state index in [9.17, 15) is 19.5 Å². The molecule has 0 saturated carbocycles. The number of carbonyl (C=O) groups is 3. The van der Waals surface area contributed by atoms with Crippen LogP contribution in [0, 0.1) is 0 Å². The summed E-state index contributed by atoms with van der Waals surface area (Å²) in [5.41, 5.74) is 1.59. The van der Waals surface area contributed by atoms with Gasteiger partial charge in [0.25, 0.3) is 0 Å². The highest BCUT2D eigenvalue weighted by Crippen LogP contribution is 2.04. The van der Waals surface area contributed by atoms with E-state index in [1.165, 1.54) is 13.8 Å². The van der Waals surface area contributed by atoms with Crippen LogP contribution in [0.15, 0.2) is 60.7 Å². The van der Waals surface area contributed by atoms with Gasteiger partial charge in [0.2, 0.25) is 5.91 Å². The molecule has 2 aromatic rings. The van der Waals surface area contributed by atoms with Crippen molar-refractivity contribution in [3.05, 3.63) is 71.8 Å². The number of amides is 2. The number of esters is 1. The summed E-state index contributed by atoms with van der Waals surface area (Å²) in [6.07, 6.45) is -2.07. The van der Waals surface area contributed by atoms with Crippen molar-refractivity contribution in [1.29, 1.82) is 0 Å². The van der Waals surface area contributed by atoms with Crippen LogP contribution in [-0.2, 0) is 32.3 Å². The minimum Gasteiger partial charge on any atom is -0.459 e. The second kappa shape index (κ2) is 11.6. The van der Waals surface area contributed by atoms with Crippen LogP contribution in [0.4, 0.5) is 4.79 Å². The molecule has 0 unspecified atom stereocenters. The number of hydrogen-bond donors (Lipinski definition) is 3. The predicted octanol–water partition coefficient (Wildman–Crippen LogP) is 1.91. The Hall–Kier alpha value is -3.39. The molecule has 160 valence electrons. The summed E-state index contributed by atoms with van der Waals surface area (Å²) >= 11 is 0. The van der Waals surface area contributed by atoms with Gasteiger partial charge in [0.05, 0.1) is 6.10 Å². The van der Waals surface area contributed by atoms with Gasteiger partial charge in [-0.15, -0.1) is 0 Å². The number of benzene rings is 2. The molecule has 8 heteroatoms. The molecule has 0 aliphatic carbocycles. The summed E-state index contributed by atoms with van der Waals surface area (Å²) in [4.78, 5) is 36.5. The van der Waals surface area contributed by atoms with Gasteiger partial charge in [-0.3, -0.25) is 4.79 Å². The molecule has 8 nitrogen and oxygen atoms in total. The summed E-state index contributed by atoms with van der Waals surface area (Å²) in [5.74, 6) is -1.37. The van der Waals surface area contributed by atoms with E-state index in [1.807, 2.05) is 36.4 Å². The van der Waals surface area contributed by atoms with Crippen molar-refractivity contribution in [2.45, 2.75) is 45.2 Å². The number of carbonyl (C=O) groups excluding carboxylic acids is 3. The Bertz CT molecular complexity index is 826. The van der Waals surface area contributed by atoms with Crippen molar-refractivity contribution in [2.75, 3.05) is 0 Å². The first-order valence-electron chi connectivity index (χ1n) is 9.53. The second-order valence-corrected chi connectivity index (χ2v) is 6.75. The summed E-state index contributed by atoms with van der Waals surface area (Å²) in [6, 6.07) is 15.9. The Kier molecular flexibility index (Phi) is 8.83. The van der Waals surface area contributed by atoms with Gasteiger partial charge >= 0.3 is 12.1 Å². The van der Waals surface area contributed by atoms with E-state index in [-0.39, 0.29) is 13.2 Å². The lowest BCUT2D eigenvalue weighted by Gasteiger charge is -2.22. The predicted molar refractivity (Wildman–Crippen MR) is 109 cm³/mol. The molecule has 0 bridgehead atoms. The molecule has 0 heterocycles. The Labute approximate surface area is 175 Å². The Balaban J connectivity index is 1.83. The lowest BCUT2D eigenvalue weighted by Crippen LogP contribution is -2.55. The summed E-state index contributed by atoms with van der Waals surface area (Å²) in [7, 11) is 0. The normalized spacial score (nSPS) is 13.4. The number of nitrogens with one attached hydrogen (secondary N) is 2. The average Bonchev–Trinajstić information content (AvgIpc) is 2.75. The van der Waals surface area contributed by atoms with Crippen molar-refractivity contribution < 1.29 is 29.0 Å². The molecular weight excluding hydrogens is 388 g/mol. The van der Waals surface area contributed by atoms with E-state index in [0.717, 1.165) is 11.1 Å². The van der Waals surface area contributed by atoms with Gasteiger partial charge in [0.1, 0.15) is 25.3 Å². The van der Waals surface area contributed by atoms with Crippen LogP contribution < -0.4 is 10.6 Å². The van der Waals surface area contributed by atoms with Gasteiger partial charge in [0.15, 0.2) is 0 Å². The number of aliphatic hydroxyl groups excluding tert-OH is 1. The minimum absolute atomic E-state index is 0.0169. The molecule has 0 fully saturated rings. The Morgan fingerprint density at radius 1 is 0.833 bits per heavy atom. The summed E-state index contributed by atoms with van der Waals surface area (Å²) in [6.45, 7) is 2.89. The van der Waals surface area contributed by atoms with E-state index < -0.39 is 36.2 Å². The fourth-order valence-corrected chi connectivity index (χ4v) is 2.51. The van der Waals surface area contributed by atoms with Crippen LogP contribution >= 0.6 is 0 Å². The smallest absolute Gasteiger partial charge is 0.408 e. The van der Waals surface area contributed by atoms with Gasteiger partial charge in [-0.05, 0) is 25.0 Å². The Morgan fingerprint density at radius 3 is 1.83 bits per heavy atom. The highest BCUT2D eigenvalue weighted by molar-refractivity contribution is 5.89. The van der Waals surface area contributed by atoms with Gasteiger partial charge in [-0.2, -0.15) is 0 Å². The summed E-state index contributed by atoms with van der Waals surface area (Å²) < 4.78 is 10.2. The zero-order chi connectivity index (χ0) is 21.9. The van der Waals surface area contributed by atoms with Crippen LogP contribution in [-0.4, -0.2) is 41.3 Å². The van der Waals surface area contributed by atoms with E-state index in [4.69, 9.17) is 9.47 Å². The Morgan fingerprint density at radius 2 is 1.33 bits per heavy atom. The maximum Gasteiger partial charge on any atom is 0.408 e. The standard InChI is InChI=1S/C22H26N2O6/c1-15(21(27)29-13-17-9-5-3-6-10-17)23-20(26)19(16(2)25)24-22(28)30-14-18-11-7-4-8-12-18/h3-12,15-16,19,25H,13-14H2,1-2H3,(H,23,26)(H,24,28)/t15-,16-,19-/m0/s1. The van der Waals surface area contributed by atoms with Gasteiger partial charge in [0, 0.05) is 0 Å². The van der Waals surface area contributed by atoms with Crippen LogP contribution in [0.25, 0.3) is 0 Å². The first-order valence-corrected chi connectivity index (χ1v) is 9.53. The molecule has 2 amide bonds. The maximum atomic E-state index is 12.4. The monoisotopic (exact) mass is 414 g/mol. The highest BCUT2D eigenvalue weighted by atomic mass is 16.5. The minimum atomic E-state index is -1.29. The van der Waals surface area contributed by atoms with E-state index >= 15 is 0 Å². The van der Waals surface area contributed by atoms with Crippen molar-refractivity contribution in [3.8, 4) is 0 Å². The third-order valence-corrected chi connectivity index (χ3v) is 4.19. The fraction of sp³-hybridized carbons (Fsp3) is 0.318. The second-order valence-electron chi connectivity index (χ2n) is 6.75. The average molecular weight is 414 g/mol. The molecule has 0 saturated heterocycles. The molecule has 30 heavy (non-hydrogen) atoms. The van der Waals surface area contributed by atoms with E-state index in [0.29, 0.717) is 0 Å². The lowest BCUT2D eigenvalue weighted by atomic mass is 10.1. The van der Waals surface area contributed by atoms with Gasteiger partial charge in [-0.25, -0.2) is 9.59 Å². The molecule has 0 aliphatic rings. The van der Waals surface area contributed by atoms with Crippen LogP contribution in [0.3, 0.4) is 0 Å². The first kappa shape index (κ1) is 22.9. The first-order chi connectivity index (χ1) is 14.4. The molecule has 3 atom stereocenters. The number of aliphatic hydroxyl groups is 1. The third kappa shape index (κ3) is 7.56. The van der Waals surface area contributed by atoms with Crippen molar-refractivity contribution in [3.63, 3.8) is 0 Å².